The molecular formula is C13H14N2O5. The summed E-state index contributed by atoms with van der Waals surface area (Å²) in [6.45, 7) is 1.94. The summed E-state index contributed by atoms with van der Waals surface area (Å²) in [5.74, 6) is -1.09. The smallest absolute Gasteiger partial charge is 0.330 e. The maximum absolute atomic E-state index is 11.6. The number of ether oxygens (including phenoxy) is 1. The molecule has 1 rings (SSSR count). The van der Waals surface area contributed by atoms with E-state index in [1.165, 1.54) is 37.4 Å². The van der Waals surface area contributed by atoms with Gasteiger partial charge in [0.1, 0.15) is 5.56 Å². The number of hydrogen-bond donors (Lipinski definition) is 1. The Morgan fingerprint density at radius 2 is 2.15 bits per heavy atom. The van der Waals surface area contributed by atoms with Crippen LogP contribution >= 0.6 is 0 Å². The van der Waals surface area contributed by atoms with Gasteiger partial charge < -0.3 is 10.1 Å². The van der Waals surface area contributed by atoms with E-state index in [1.807, 2.05) is 0 Å². The Morgan fingerprint density at radius 1 is 1.45 bits per heavy atom. The van der Waals surface area contributed by atoms with Gasteiger partial charge in [0, 0.05) is 19.2 Å². The lowest BCUT2D eigenvalue weighted by molar-refractivity contribution is -0.385. The van der Waals surface area contributed by atoms with E-state index in [1.54, 1.807) is 6.92 Å². The van der Waals surface area contributed by atoms with Crippen molar-refractivity contribution in [2.45, 2.75) is 6.92 Å². The summed E-state index contributed by atoms with van der Waals surface area (Å²) < 4.78 is 4.71. The van der Waals surface area contributed by atoms with E-state index in [0.717, 1.165) is 0 Å². The predicted octanol–water partition coefficient (Wildman–Crippen LogP) is 1.53. The normalized spacial score (nSPS) is 10.3. The third kappa shape index (κ3) is 3.91. The lowest BCUT2D eigenvalue weighted by Gasteiger charge is -2.03. The lowest BCUT2D eigenvalue weighted by atomic mass is 10.1. The average Bonchev–Trinajstić information content (AvgIpc) is 2.44. The van der Waals surface area contributed by atoms with Gasteiger partial charge in [-0.2, -0.15) is 0 Å². The van der Waals surface area contributed by atoms with Crippen LogP contribution in [0.1, 0.15) is 22.8 Å². The van der Waals surface area contributed by atoms with Crippen LogP contribution < -0.4 is 5.32 Å². The summed E-state index contributed by atoms with van der Waals surface area (Å²) in [5, 5.41) is 13.2. The Hall–Kier alpha value is -2.70. The number of carbonyl (C=O) groups is 2. The minimum atomic E-state index is -0.636. The van der Waals surface area contributed by atoms with Crippen molar-refractivity contribution in [2.24, 2.45) is 0 Å². The molecule has 0 fully saturated rings. The Labute approximate surface area is 115 Å². The van der Waals surface area contributed by atoms with Gasteiger partial charge in [-0.3, -0.25) is 14.9 Å². The van der Waals surface area contributed by atoms with Crippen molar-refractivity contribution in [3.05, 3.63) is 45.5 Å². The van der Waals surface area contributed by atoms with Gasteiger partial charge in [-0.15, -0.1) is 0 Å². The van der Waals surface area contributed by atoms with Crippen LogP contribution in [-0.2, 0) is 9.53 Å². The summed E-state index contributed by atoms with van der Waals surface area (Å²) >= 11 is 0. The lowest BCUT2D eigenvalue weighted by Crippen LogP contribution is -2.19. The molecule has 0 heterocycles. The van der Waals surface area contributed by atoms with Crippen LogP contribution in [0.5, 0.6) is 0 Å². The number of nitro benzene ring substituents is 1. The summed E-state index contributed by atoms with van der Waals surface area (Å²) in [4.78, 5) is 33.0. The van der Waals surface area contributed by atoms with Crippen molar-refractivity contribution in [1.29, 1.82) is 0 Å². The molecule has 0 aromatic heterocycles. The molecule has 0 saturated carbocycles. The van der Waals surface area contributed by atoms with Crippen LogP contribution in [0.3, 0.4) is 0 Å². The molecule has 0 bridgehead atoms. The SMILES string of the molecule is CCOC(=O)C=Cc1ccc([N+](=O)[O-])c(C(=O)NC)c1. The number of hydrogen-bond acceptors (Lipinski definition) is 5. The van der Waals surface area contributed by atoms with E-state index in [-0.39, 0.29) is 17.9 Å². The first kappa shape index (κ1) is 15.4. The molecule has 1 N–H and O–H groups in total. The fraction of sp³-hybridized carbons (Fsp3) is 0.231. The predicted molar refractivity (Wildman–Crippen MR) is 72.2 cm³/mol. The van der Waals surface area contributed by atoms with Crippen molar-refractivity contribution in [3.8, 4) is 0 Å². The highest BCUT2D eigenvalue weighted by Gasteiger charge is 2.19. The first-order chi connectivity index (χ1) is 9.49. The maximum atomic E-state index is 11.6. The van der Waals surface area contributed by atoms with Gasteiger partial charge in [-0.05, 0) is 30.7 Å². The number of nitro groups is 1. The van der Waals surface area contributed by atoms with Crippen LogP contribution in [0.15, 0.2) is 24.3 Å². The zero-order chi connectivity index (χ0) is 15.1. The highest BCUT2D eigenvalue weighted by molar-refractivity contribution is 5.98. The zero-order valence-electron chi connectivity index (χ0n) is 11.1. The second-order valence-electron chi connectivity index (χ2n) is 3.70. The minimum absolute atomic E-state index is 0.0662. The number of carbonyl (C=O) groups excluding carboxylic acids is 2. The van der Waals surface area contributed by atoms with Crippen LogP contribution in [0.2, 0.25) is 0 Å². The third-order valence-corrected chi connectivity index (χ3v) is 2.39. The number of rotatable bonds is 5. The van der Waals surface area contributed by atoms with E-state index in [2.05, 4.69) is 5.32 Å². The molecule has 20 heavy (non-hydrogen) atoms. The van der Waals surface area contributed by atoms with E-state index < -0.39 is 16.8 Å². The van der Waals surface area contributed by atoms with Gasteiger partial charge in [-0.25, -0.2) is 4.79 Å². The number of benzene rings is 1. The second kappa shape index (κ2) is 7.03. The number of nitrogens with zero attached hydrogens (tertiary/aromatic N) is 1. The molecule has 0 saturated heterocycles. The molecular weight excluding hydrogens is 264 g/mol. The molecule has 0 aliphatic rings. The maximum Gasteiger partial charge on any atom is 0.330 e. The van der Waals surface area contributed by atoms with Gasteiger partial charge in [-0.1, -0.05) is 0 Å². The molecule has 7 heteroatoms. The van der Waals surface area contributed by atoms with Crippen molar-refractivity contribution in [3.63, 3.8) is 0 Å². The summed E-state index contributed by atoms with van der Waals surface area (Å²) in [6.07, 6.45) is 2.62. The standard InChI is InChI=1S/C13H14N2O5/c1-3-20-12(16)7-5-9-4-6-11(15(18)19)10(8-9)13(17)14-2/h4-8H,3H2,1-2H3,(H,14,17). The fourth-order valence-electron chi connectivity index (χ4n) is 1.49. The molecule has 0 aliphatic heterocycles. The molecule has 106 valence electrons. The van der Waals surface area contributed by atoms with Gasteiger partial charge in [0.15, 0.2) is 0 Å². The molecule has 0 spiro atoms. The molecule has 0 radical (unpaired) electrons. The topological polar surface area (TPSA) is 98.5 Å². The fourth-order valence-corrected chi connectivity index (χ4v) is 1.49. The van der Waals surface area contributed by atoms with Crippen molar-refractivity contribution < 1.29 is 19.2 Å². The highest BCUT2D eigenvalue weighted by Crippen LogP contribution is 2.20. The molecule has 1 amide bonds. The average molecular weight is 278 g/mol. The van der Waals surface area contributed by atoms with Crippen LogP contribution in [0.4, 0.5) is 5.69 Å². The summed E-state index contributed by atoms with van der Waals surface area (Å²) in [7, 11) is 1.38. The zero-order valence-corrected chi connectivity index (χ0v) is 11.1. The van der Waals surface area contributed by atoms with E-state index >= 15 is 0 Å². The summed E-state index contributed by atoms with van der Waals surface area (Å²) in [6, 6.07) is 4.00. The first-order valence-electron chi connectivity index (χ1n) is 5.85. The Kier molecular flexibility index (Phi) is 5.40. The molecule has 1 aromatic rings. The van der Waals surface area contributed by atoms with Crippen molar-refractivity contribution in [1.82, 2.24) is 5.32 Å². The van der Waals surface area contributed by atoms with Crippen molar-refractivity contribution in [2.75, 3.05) is 13.7 Å². The van der Waals surface area contributed by atoms with Gasteiger partial charge >= 0.3 is 5.97 Å². The Balaban J connectivity index is 3.10. The van der Waals surface area contributed by atoms with Gasteiger partial charge in [0.25, 0.3) is 11.6 Å². The molecule has 1 aromatic carbocycles. The number of amides is 1. The van der Waals surface area contributed by atoms with E-state index in [0.29, 0.717) is 5.56 Å². The highest BCUT2D eigenvalue weighted by atomic mass is 16.6. The second-order valence-corrected chi connectivity index (χ2v) is 3.70. The van der Waals surface area contributed by atoms with E-state index in [9.17, 15) is 19.7 Å². The molecule has 0 aliphatic carbocycles. The van der Waals surface area contributed by atoms with Crippen LogP contribution in [0.25, 0.3) is 6.08 Å². The number of esters is 1. The Bertz CT molecular complexity index is 566. The minimum Gasteiger partial charge on any atom is -0.463 e. The number of nitrogens with one attached hydrogen (secondary N) is 1. The molecule has 7 nitrogen and oxygen atoms in total. The monoisotopic (exact) mass is 278 g/mol. The van der Waals surface area contributed by atoms with Crippen molar-refractivity contribution >= 4 is 23.6 Å². The van der Waals surface area contributed by atoms with Gasteiger partial charge in [0.05, 0.1) is 11.5 Å². The first-order valence-corrected chi connectivity index (χ1v) is 5.85. The van der Waals surface area contributed by atoms with Gasteiger partial charge in [0.2, 0.25) is 0 Å². The van der Waals surface area contributed by atoms with Crippen LogP contribution in [-0.4, -0.2) is 30.5 Å². The van der Waals surface area contributed by atoms with Crippen LogP contribution in [0, 0.1) is 10.1 Å². The molecule has 0 unspecified atom stereocenters. The largest absolute Gasteiger partial charge is 0.463 e. The quantitative estimate of drug-likeness (QED) is 0.381. The third-order valence-electron chi connectivity index (χ3n) is 2.39. The van der Waals surface area contributed by atoms with E-state index in [4.69, 9.17) is 4.74 Å². The summed E-state index contributed by atoms with van der Waals surface area (Å²) in [5.41, 5.74) is 0.128. The molecule has 0 atom stereocenters. The Morgan fingerprint density at radius 3 is 2.70 bits per heavy atom.